The van der Waals surface area contributed by atoms with Crippen LogP contribution in [0.3, 0.4) is 0 Å². The second kappa shape index (κ2) is 7.25. The van der Waals surface area contributed by atoms with E-state index in [-0.39, 0.29) is 5.57 Å². The number of nitrogens with zero attached hydrogens (tertiary/aromatic N) is 3. The van der Waals surface area contributed by atoms with Gasteiger partial charge in [0.25, 0.3) is 0 Å². The van der Waals surface area contributed by atoms with Crippen LogP contribution in [-0.4, -0.2) is 22.9 Å². The number of hydrogen-bond acceptors (Lipinski definition) is 5. The standard InChI is InChI=1S/C22H15N3O3/c1-27-22(26)16(13-23)11-17-14-25(18-8-3-2-4-9-18)24-21(17)20-12-15-7-5-6-10-19(15)28-20/h2-12,14H,1H3. The number of carbonyl (C=O) groups is 1. The lowest BCUT2D eigenvalue weighted by atomic mass is 10.1. The molecule has 0 fully saturated rings. The first kappa shape index (κ1) is 17.3. The van der Waals surface area contributed by atoms with Gasteiger partial charge < -0.3 is 9.15 Å². The van der Waals surface area contributed by atoms with Crippen LogP contribution in [0.5, 0.6) is 0 Å². The van der Waals surface area contributed by atoms with E-state index in [9.17, 15) is 10.1 Å². The summed E-state index contributed by atoms with van der Waals surface area (Å²) in [5.41, 5.74) is 2.56. The fourth-order valence-electron chi connectivity index (χ4n) is 2.90. The van der Waals surface area contributed by atoms with Gasteiger partial charge in [0.1, 0.15) is 22.9 Å². The summed E-state index contributed by atoms with van der Waals surface area (Å²) in [6.07, 6.45) is 3.21. The average molecular weight is 369 g/mol. The molecule has 0 N–H and O–H groups in total. The molecular formula is C22H15N3O3. The summed E-state index contributed by atoms with van der Waals surface area (Å²) in [6.45, 7) is 0. The molecule has 4 rings (SSSR count). The zero-order valence-electron chi connectivity index (χ0n) is 15.0. The van der Waals surface area contributed by atoms with E-state index in [4.69, 9.17) is 4.42 Å². The summed E-state index contributed by atoms with van der Waals surface area (Å²) in [5, 5.41) is 14.9. The molecule has 0 radical (unpaired) electrons. The molecule has 0 bridgehead atoms. The number of para-hydroxylation sites is 2. The minimum atomic E-state index is -0.703. The third kappa shape index (κ3) is 3.17. The molecule has 6 nitrogen and oxygen atoms in total. The van der Waals surface area contributed by atoms with Gasteiger partial charge in [0.2, 0.25) is 0 Å². The van der Waals surface area contributed by atoms with Gasteiger partial charge in [0, 0.05) is 17.1 Å². The first-order valence-electron chi connectivity index (χ1n) is 8.54. The van der Waals surface area contributed by atoms with Crippen molar-refractivity contribution in [3.8, 4) is 23.2 Å². The fourth-order valence-corrected chi connectivity index (χ4v) is 2.90. The lowest BCUT2D eigenvalue weighted by Gasteiger charge is -1.98. The van der Waals surface area contributed by atoms with Crippen molar-refractivity contribution in [1.82, 2.24) is 9.78 Å². The van der Waals surface area contributed by atoms with Crippen molar-refractivity contribution in [2.45, 2.75) is 0 Å². The smallest absolute Gasteiger partial charge is 0.348 e. The van der Waals surface area contributed by atoms with Crippen LogP contribution >= 0.6 is 0 Å². The maximum absolute atomic E-state index is 11.8. The largest absolute Gasteiger partial charge is 0.465 e. The van der Waals surface area contributed by atoms with Crippen LogP contribution in [0, 0.1) is 11.3 Å². The number of carbonyl (C=O) groups excluding carboxylic acids is 1. The highest BCUT2D eigenvalue weighted by Crippen LogP contribution is 2.31. The lowest BCUT2D eigenvalue weighted by molar-refractivity contribution is -0.135. The number of benzene rings is 2. The minimum Gasteiger partial charge on any atom is -0.465 e. The van der Waals surface area contributed by atoms with Gasteiger partial charge in [-0.2, -0.15) is 10.4 Å². The fraction of sp³-hybridized carbons (Fsp3) is 0.0455. The maximum Gasteiger partial charge on any atom is 0.348 e. The van der Waals surface area contributed by atoms with E-state index in [2.05, 4.69) is 9.84 Å². The summed E-state index contributed by atoms with van der Waals surface area (Å²) in [5.74, 6) is -0.158. The van der Waals surface area contributed by atoms with Crippen molar-refractivity contribution >= 4 is 23.0 Å². The van der Waals surface area contributed by atoms with Crippen LogP contribution in [0.25, 0.3) is 34.2 Å². The number of aromatic nitrogens is 2. The highest BCUT2D eigenvalue weighted by molar-refractivity contribution is 5.98. The Bertz CT molecular complexity index is 1190. The Morgan fingerprint density at radius 2 is 1.93 bits per heavy atom. The van der Waals surface area contributed by atoms with Gasteiger partial charge in [-0.15, -0.1) is 0 Å². The van der Waals surface area contributed by atoms with Gasteiger partial charge in [-0.3, -0.25) is 0 Å². The highest BCUT2D eigenvalue weighted by Gasteiger charge is 2.18. The van der Waals surface area contributed by atoms with E-state index < -0.39 is 5.97 Å². The van der Waals surface area contributed by atoms with Gasteiger partial charge in [-0.05, 0) is 30.3 Å². The van der Waals surface area contributed by atoms with Gasteiger partial charge in [0.15, 0.2) is 5.76 Å². The van der Waals surface area contributed by atoms with Crippen LogP contribution in [-0.2, 0) is 9.53 Å². The third-order valence-corrected chi connectivity index (χ3v) is 4.25. The van der Waals surface area contributed by atoms with Crippen LogP contribution in [0.4, 0.5) is 0 Å². The summed E-state index contributed by atoms with van der Waals surface area (Å²) in [6, 6.07) is 20.9. The number of methoxy groups -OCH3 is 1. The SMILES string of the molecule is COC(=O)C(C#N)=Cc1cn(-c2ccccc2)nc1-c1cc2ccccc2o1. The molecule has 0 saturated carbocycles. The molecule has 0 amide bonds. The summed E-state index contributed by atoms with van der Waals surface area (Å²) in [7, 11) is 1.24. The molecule has 0 aliphatic heterocycles. The molecule has 0 spiro atoms. The Labute approximate surface area is 160 Å². The van der Waals surface area contributed by atoms with Crippen LogP contribution in [0.1, 0.15) is 5.56 Å². The third-order valence-electron chi connectivity index (χ3n) is 4.25. The first-order valence-corrected chi connectivity index (χ1v) is 8.54. The predicted molar refractivity (Wildman–Crippen MR) is 104 cm³/mol. The summed E-state index contributed by atoms with van der Waals surface area (Å²) in [4.78, 5) is 11.8. The quantitative estimate of drug-likeness (QED) is 0.303. The van der Waals surface area contributed by atoms with E-state index in [0.29, 0.717) is 17.0 Å². The van der Waals surface area contributed by atoms with Crippen LogP contribution in [0.2, 0.25) is 0 Å². The molecule has 0 atom stereocenters. The molecule has 0 saturated heterocycles. The number of hydrogen-bond donors (Lipinski definition) is 0. The minimum absolute atomic E-state index is 0.118. The Morgan fingerprint density at radius 1 is 1.18 bits per heavy atom. The van der Waals surface area contributed by atoms with Crippen molar-refractivity contribution in [3.05, 3.63) is 78.0 Å². The van der Waals surface area contributed by atoms with E-state index in [0.717, 1.165) is 16.7 Å². The monoisotopic (exact) mass is 369 g/mol. The second-order valence-electron chi connectivity index (χ2n) is 6.02. The molecule has 0 unspecified atom stereocenters. The van der Waals surface area contributed by atoms with E-state index in [1.807, 2.05) is 66.7 Å². The molecule has 4 aromatic rings. The Kier molecular flexibility index (Phi) is 4.48. The first-order chi connectivity index (χ1) is 13.7. The normalized spacial score (nSPS) is 11.4. The van der Waals surface area contributed by atoms with E-state index in [1.165, 1.54) is 13.2 Å². The van der Waals surface area contributed by atoms with Crippen molar-refractivity contribution < 1.29 is 13.9 Å². The Hall–Kier alpha value is -4.11. The van der Waals surface area contributed by atoms with Gasteiger partial charge in [-0.25, -0.2) is 9.48 Å². The van der Waals surface area contributed by atoms with Gasteiger partial charge >= 0.3 is 5.97 Å². The maximum atomic E-state index is 11.8. The van der Waals surface area contributed by atoms with E-state index >= 15 is 0 Å². The van der Waals surface area contributed by atoms with Crippen LogP contribution < -0.4 is 0 Å². The molecular weight excluding hydrogens is 354 g/mol. The van der Waals surface area contributed by atoms with Gasteiger partial charge in [-0.1, -0.05) is 36.4 Å². The van der Waals surface area contributed by atoms with Gasteiger partial charge in [0.05, 0.1) is 12.8 Å². The summed E-state index contributed by atoms with van der Waals surface area (Å²) >= 11 is 0. The molecule has 136 valence electrons. The van der Waals surface area contributed by atoms with Crippen LogP contribution in [0.15, 0.2) is 76.9 Å². The zero-order chi connectivity index (χ0) is 19.5. The molecule has 28 heavy (non-hydrogen) atoms. The number of esters is 1. The average Bonchev–Trinajstić information content (AvgIpc) is 3.36. The molecule has 2 aromatic carbocycles. The van der Waals surface area contributed by atoms with Crippen molar-refractivity contribution in [2.24, 2.45) is 0 Å². The molecule has 2 heterocycles. The second-order valence-corrected chi connectivity index (χ2v) is 6.02. The molecule has 2 aromatic heterocycles. The number of furan rings is 1. The highest BCUT2D eigenvalue weighted by atomic mass is 16.5. The summed E-state index contributed by atoms with van der Waals surface area (Å²) < 4.78 is 12.3. The molecule has 0 aliphatic rings. The zero-order valence-corrected chi connectivity index (χ0v) is 15.0. The Morgan fingerprint density at radius 3 is 2.64 bits per heavy atom. The van der Waals surface area contributed by atoms with Crippen molar-refractivity contribution in [2.75, 3.05) is 7.11 Å². The lowest BCUT2D eigenvalue weighted by Crippen LogP contribution is -2.02. The number of fused-ring (bicyclic) bond motifs is 1. The van der Waals surface area contributed by atoms with E-state index in [1.54, 1.807) is 10.9 Å². The predicted octanol–water partition coefficient (Wildman–Crippen LogP) is 4.37. The number of ether oxygens (including phenoxy) is 1. The molecule has 6 heteroatoms. The Balaban J connectivity index is 1.90. The molecule has 0 aliphatic carbocycles. The number of rotatable bonds is 4. The number of nitriles is 1. The van der Waals surface area contributed by atoms with Crippen molar-refractivity contribution in [3.63, 3.8) is 0 Å². The topological polar surface area (TPSA) is 81.0 Å². The van der Waals surface area contributed by atoms with Crippen molar-refractivity contribution in [1.29, 1.82) is 5.26 Å².